The third kappa shape index (κ3) is 31.8. The summed E-state index contributed by atoms with van der Waals surface area (Å²) in [4.78, 5) is 62.2. The number of nitrogens with one attached hydrogen (secondary N) is 3. The molecule has 10 nitrogen and oxygen atoms in total. The number of carbonyl (C=O) groups excluding carboxylic acids is 5. The second-order valence-electron chi connectivity index (χ2n) is 16.3. The molecule has 310 valence electrons. The predicted molar refractivity (Wildman–Crippen MR) is 217 cm³/mol. The van der Waals surface area contributed by atoms with Crippen LogP contribution < -0.4 is 21.7 Å². The lowest BCUT2D eigenvalue weighted by atomic mass is 9.90. The van der Waals surface area contributed by atoms with Gasteiger partial charge in [-0.2, -0.15) is 0 Å². The summed E-state index contributed by atoms with van der Waals surface area (Å²) < 4.78 is 0. The number of nitrogens with two attached hydrogens (primary N) is 1. The molecule has 0 saturated heterocycles. The summed E-state index contributed by atoms with van der Waals surface area (Å²) in [6, 6.07) is -0.355. The first-order chi connectivity index (χ1) is 25.3. The van der Waals surface area contributed by atoms with Crippen molar-refractivity contribution >= 4 is 29.2 Å². The zero-order valence-corrected chi connectivity index (χ0v) is 34.9. The predicted octanol–water partition coefficient (Wildman–Crippen LogP) is 7.86. The molecule has 2 amide bonds. The minimum atomic E-state index is -0.680. The van der Waals surface area contributed by atoms with Crippen LogP contribution in [0.5, 0.6) is 0 Å². The maximum absolute atomic E-state index is 13.2. The first kappa shape index (κ1) is 50.8. The zero-order chi connectivity index (χ0) is 39.9. The normalized spacial score (nSPS) is 14.9. The van der Waals surface area contributed by atoms with E-state index in [4.69, 9.17) is 5.73 Å². The number of carbonyl (C=O) groups is 5. The summed E-state index contributed by atoms with van der Waals surface area (Å²) in [5, 5.41) is 20.3. The molecule has 0 aromatic carbocycles. The summed E-state index contributed by atoms with van der Waals surface area (Å²) in [5.41, 5.74) is 5.61. The summed E-state index contributed by atoms with van der Waals surface area (Å²) in [6.45, 7) is 13.0. The van der Waals surface area contributed by atoms with Gasteiger partial charge in [0.2, 0.25) is 11.8 Å². The van der Waals surface area contributed by atoms with Crippen molar-refractivity contribution in [2.75, 3.05) is 13.1 Å². The number of ketones is 3. The Kier molecular flexibility index (Phi) is 31.8. The maximum atomic E-state index is 13.2. The molecule has 0 aliphatic heterocycles. The van der Waals surface area contributed by atoms with Crippen molar-refractivity contribution in [3.05, 3.63) is 0 Å². The molecule has 0 aromatic heterocycles. The van der Waals surface area contributed by atoms with E-state index in [1.165, 1.54) is 39.0 Å². The second-order valence-corrected chi connectivity index (χ2v) is 16.3. The van der Waals surface area contributed by atoms with Crippen LogP contribution in [0.2, 0.25) is 0 Å². The van der Waals surface area contributed by atoms with E-state index in [2.05, 4.69) is 43.6 Å². The van der Waals surface area contributed by atoms with Crippen LogP contribution in [0.15, 0.2) is 0 Å². The average Bonchev–Trinajstić information content (AvgIpc) is 3.06. The van der Waals surface area contributed by atoms with Crippen molar-refractivity contribution < 1.29 is 29.1 Å². The van der Waals surface area contributed by atoms with Gasteiger partial charge in [0.05, 0.1) is 0 Å². The van der Waals surface area contributed by atoms with E-state index in [1.54, 1.807) is 6.92 Å². The van der Waals surface area contributed by atoms with E-state index in [1.807, 2.05) is 0 Å². The van der Waals surface area contributed by atoms with Crippen molar-refractivity contribution in [2.24, 2.45) is 23.5 Å². The maximum Gasteiger partial charge on any atom is 0.220 e. The van der Waals surface area contributed by atoms with Gasteiger partial charge in [0.25, 0.3) is 0 Å². The molecule has 0 bridgehead atoms. The number of rotatable bonds is 37. The van der Waals surface area contributed by atoms with Crippen LogP contribution in [0.4, 0.5) is 0 Å². The molecule has 10 heteroatoms. The Morgan fingerprint density at radius 1 is 0.604 bits per heavy atom. The molecule has 53 heavy (non-hydrogen) atoms. The van der Waals surface area contributed by atoms with Crippen LogP contribution in [0.3, 0.4) is 0 Å². The molecule has 0 aliphatic carbocycles. The van der Waals surface area contributed by atoms with Gasteiger partial charge < -0.3 is 26.3 Å². The Morgan fingerprint density at radius 3 is 1.83 bits per heavy atom. The van der Waals surface area contributed by atoms with Crippen LogP contribution >= 0.6 is 0 Å². The third-order valence-corrected chi connectivity index (χ3v) is 10.3. The van der Waals surface area contributed by atoms with Crippen LogP contribution in [0.25, 0.3) is 0 Å². The highest BCUT2D eigenvalue weighted by atomic mass is 16.3. The fourth-order valence-corrected chi connectivity index (χ4v) is 7.27. The Morgan fingerprint density at radius 2 is 1.21 bits per heavy atom. The molecule has 0 fully saturated rings. The smallest absolute Gasteiger partial charge is 0.220 e. The molecular weight excluding hydrogens is 668 g/mol. The number of amides is 2. The van der Waals surface area contributed by atoms with Gasteiger partial charge in [0.15, 0.2) is 0 Å². The molecule has 6 atom stereocenters. The quantitative estimate of drug-likeness (QED) is 0.0316. The van der Waals surface area contributed by atoms with Crippen molar-refractivity contribution in [2.45, 2.75) is 214 Å². The highest BCUT2D eigenvalue weighted by molar-refractivity contribution is 5.80. The van der Waals surface area contributed by atoms with Crippen LogP contribution in [-0.4, -0.2) is 65.7 Å². The van der Waals surface area contributed by atoms with E-state index < -0.39 is 6.23 Å². The van der Waals surface area contributed by atoms with Crippen LogP contribution in [0.1, 0.15) is 196 Å². The largest absolute Gasteiger partial charge is 0.379 e. The molecule has 6 unspecified atom stereocenters. The molecule has 0 saturated carbocycles. The number of unbranched alkanes of at least 4 members (excludes halogenated alkanes) is 6. The topological polar surface area (TPSA) is 168 Å². The number of aliphatic hydroxyl groups excluding tert-OH is 1. The fraction of sp³-hybridized carbons (Fsp3) is 0.884. The van der Waals surface area contributed by atoms with Gasteiger partial charge in [-0.1, -0.05) is 91.9 Å². The third-order valence-electron chi connectivity index (χ3n) is 10.3. The Bertz CT molecular complexity index is 992. The lowest BCUT2D eigenvalue weighted by Crippen LogP contribution is -2.40. The Hall–Kier alpha value is -2.17. The minimum Gasteiger partial charge on any atom is -0.379 e. The summed E-state index contributed by atoms with van der Waals surface area (Å²) in [6.07, 6.45) is 18.0. The summed E-state index contributed by atoms with van der Waals surface area (Å²) in [5.74, 6) is 0.997. The number of Topliss-reactive ketones (excluding diaryl/α,β-unsaturated/α-hetero) is 3. The average molecular weight is 751 g/mol. The van der Waals surface area contributed by atoms with E-state index in [0.29, 0.717) is 89.1 Å². The van der Waals surface area contributed by atoms with Gasteiger partial charge in [0, 0.05) is 57.2 Å². The van der Waals surface area contributed by atoms with E-state index in [0.717, 1.165) is 51.4 Å². The zero-order valence-electron chi connectivity index (χ0n) is 34.9. The van der Waals surface area contributed by atoms with Crippen molar-refractivity contribution in [3.8, 4) is 0 Å². The molecule has 0 rings (SSSR count). The second kappa shape index (κ2) is 33.2. The highest BCUT2D eigenvalue weighted by Gasteiger charge is 2.21. The van der Waals surface area contributed by atoms with Crippen LogP contribution in [0, 0.1) is 17.8 Å². The van der Waals surface area contributed by atoms with E-state index in [-0.39, 0.29) is 53.6 Å². The first-order valence-electron chi connectivity index (χ1n) is 21.5. The molecule has 0 aliphatic rings. The molecular formula is C43H82N4O6. The van der Waals surface area contributed by atoms with E-state index >= 15 is 0 Å². The van der Waals surface area contributed by atoms with Gasteiger partial charge in [-0.15, -0.1) is 0 Å². The molecule has 0 heterocycles. The van der Waals surface area contributed by atoms with Gasteiger partial charge in [-0.3, -0.25) is 24.5 Å². The van der Waals surface area contributed by atoms with Crippen LogP contribution in [-0.2, 0) is 24.0 Å². The standard InChI is InChI=1S/C43H82N4O6/c1-7-9-11-18-33(3)28-42(52)45-27-16-14-22-39(47-43(53)29-34(4)19-12-10-8-2)32-40(50)23-17-20-37(30-35(5)48)24-25-41(51)46-38(31-36(6)49)21-13-15-26-44/h33-34,37-39,43,47,53H,7-32,44H2,1-6H3,(H,45,52)(H,46,51). The molecule has 6 N–H and O–H groups in total. The van der Waals surface area contributed by atoms with Gasteiger partial charge >= 0.3 is 0 Å². The lowest BCUT2D eigenvalue weighted by molar-refractivity contribution is -0.124. The number of hydrogen-bond donors (Lipinski definition) is 5. The summed E-state index contributed by atoms with van der Waals surface area (Å²) >= 11 is 0. The minimum absolute atomic E-state index is 0.00836. The van der Waals surface area contributed by atoms with Crippen molar-refractivity contribution in [1.82, 2.24) is 16.0 Å². The molecule has 0 spiro atoms. The van der Waals surface area contributed by atoms with Crippen molar-refractivity contribution in [1.29, 1.82) is 0 Å². The summed E-state index contributed by atoms with van der Waals surface area (Å²) in [7, 11) is 0. The van der Waals surface area contributed by atoms with Gasteiger partial charge in [-0.25, -0.2) is 0 Å². The lowest BCUT2D eigenvalue weighted by Gasteiger charge is -2.24. The highest BCUT2D eigenvalue weighted by Crippen LogP contribution is 2.21. The van der Waals surface area contributed by atoms with E-state index in [9.17, 15) is 29.1 Å². The monoisotopic (exact) mass is 751 g/mol. The number of hydrogen-bond acceptors (Lipinski definition) is 8. The Labute approximate surface area is 324 Å². The molecule has 0 radical (unpaired) electrons. The SMILES string of the molecule is CCCCCC(C)CC(=O)NCCCCC(CC(=O)CCCC(CCC(=O)NC(CCCCN)CC(C)=O)CC(C)=O)NC(O)CC(C)CCCCC. The first-order valence-corrected chi connectivity index (χ1v) is 21.5. The van der Waals surface area contributed by atoms with Gasteiger partial charge in [0.1, 0.15) is 23.6 Å². The number of aliphatic hydroxyl groups is 1. The van der Waals surface area contributed by atoms with Crippen molar-refractivity contribution in [3.63, 3.8) is 0 Å². The Balaban J connectivity index is 5.05. The molecule has 0 aromatic rings. The van der Waals surface area contributed by atoms with Gasteiger partial charge in [-0.05, 0) is 89.5 Å². The fourth-order valence-electron chi connectivity index (χ4n) is 7.27.